The summed E-state index contributed by atoms with van der Waals surface area (Å²) in [5, 5.41) is 3.94. The van der Waals surface area contributed by atoms with Crippen LogP contribution in [0.5, 0.6) is 0 Å². The van der Waals surface area contributed by atoms with Crippen molar-refractivity contribution in [1.29, 1.82) is 0 Å². The molecule has 0 aliphatic rings. The van der Waals surface area contributed by atoms with Crippen LogP contribution in [0, 0.1) is 6.92 Å². The van der Waals surface area contributed by atoms with Crippen molar-refractivity contribution in [2.45, 2.75) is 6.92 Å². The van der Waals surface area contributed by atoms with Crippen molar-refractivity contribution in [3.8, 4) is 0 Å². The second-order valence-electron chi connectivity index (χ2n) is 1.90. The molecule has 1 rings (SSSR count). The van der Waals surface area contributed by atoms with Gasteiger partial charge in [-0.05, 0) is 13.0 Å². The molecule has 1 aromatic rings. The van der Waals surface area contributed by atoms with Crippen molar-refractivity contribution in [3.63, 3.8) is 0 Å². The van der Waals surface area contributed by atoms with E-state index in [-0.39, 0.29) is 0 Å². The zero-order chi connectivity index (χ0) is 6.85. The van der Waals surface area contributed by atoms with Crippen LogP contribution in [0.1, 0.15) is 11.4 Å². The fourth-order valence-electron chi connectivity index (χ4n) is 0.706. The normalized spacial score (nSPS) is 9.56. The summed E-state index contributed by atoms with van der Waals surface area (Å²) in [4.78, 5) is 10.1. The standard InChI is InChI=1S/C6H7N2O/c1-5-3-6(4-9)8(2)7-5/h3H,1-2H3. The maximum absolute atomic E-state index is 10.1. The average Bonchev–Trinajstić information content (AvgIpc) is 2.10. The second-order valence-corrected chi connectivity index (χ2v) is 1.90. The number of aryl methyl sites for hydroxylation is 2. The Morgan fingerprint density at radius 2 is 2.44 bits per heavy atom. The van der Waals surface area contributed by atoms with Crippen molar-refractivity contribution in [3.05, 3.63) is 17.5 Å². The van der Waals surface area contributed by atoms with Crippen LogP contribution < -0.4 is 0 Å². The highest BCUT2D eigenvalue weighted by Gasteiger charge is 1.98. The largest absolute Gasteiger partial charge is 0.283 e. The van der Waals surface area contributed by atoms with Gasteiger partial charge in [0.05, 0.1) is 5.69 Å². The maximum atomic E-state index is 10.1. The lowest BCUT2D eigenvalue weighted by molar-refractivity contribution is 0.558. The molecule has 0 spiro atoms. The molecule has 9 heavy (non-hydrogen) atoms. The van der Waals surface area contributed by atoms with E-state index in [0.717, 1.165) is 5.69 Å². The quantitative estimate of drug-likeness (QED) is 0.534. The second kappa shape index (κ2) is 2.01. The highest BCUT2D eigenvalue weighted by molar-refractivity contribution is 5.72. The molecule has 3 heteroatoms. The van der Waals surface area contributed by atoms with Gasteiger partial charge in [0.25, 0.3) is 6.29 Å². The number of rotatable bonds is 1. The van der Waals surface area contributed by atoms with Crippen molar-refractivity contribution < 1.29 is 4.79 Å². The molecule has 0 aromatic carbocycles. The van der Waals surface area contributed by atoms with Gasteiger partial charge in [-0.2, -0.15) is 5.10 Å². The maximum Gasteiger partial charge on any atom is 0.253 e. The van der Waals surface area contributed by atoms with E-state index in [1.165, 1.54) is 4.68 Å². The summed E-state index contributed by atoms with van der Waals surface area (Å²) in [5.41, 5.74) is 1.34. The van der Waals surface area contributed by atoms with E-state index in [1.54, 1.807) is 19.4 Å². The Labute approximate surface area is 53.3 Å². The first-order chi connectivity index (χ1) is 4.24. The Bertz CT molecular complexity index is 227. The molecule has 1 heterocycles. The zero-order valence-electron chi connectivity index (χ0n) is 5.38. The molecule has 0 N–H and O–H groups in total. The van der Waals surface area contributed by atoms with Crippen LogP contribution in [-0.2, 0) is 11.8 Å². The van der Waals surface area contributed by atoms with Crippen LogP contribution in [-0.4, -0.2) is 16.1 Å². The summed E-state index contributed by atoms with van der Waals surface area (Å²) in [6.07, 6.45) is 1.77. The van der Waals surface area contributed by atoms with E-state index in [1.807, 2.05) is 6.92 Å². The monoisotopic (exact) mass is 123 g/mol. The van der Waals surface area contributed by atoms with E-state index >= 15 is 0 Å². The van der Waals surface area contributed by atoms with Crippen LogP contribution in [0.25, 0.3) is 0 Å². The van der Waals surface area contributed by atoms with Crippen molar-refractivity contribution >= 4 is 6.29 Å². The van der Waals surface area contributed by atoms with Crippen LogP contribution in [0.3, 0.4) is 0 Å². The van der Waals surface area contributed by atoms with Gasteiger partial charge in [-0.3, -0.25) is 9.48 Å². The zero-order valence-corrected chi connectivity index (χ0v) is 5.38. The van der Waals surface area contributed by atoms with E-state index in [9.17, 15) is 4.79 Å². The van der Waals surface area contributed by atoms with Crippen molar-refractivity contribution in [1.82, 2.24) is 9.78 Å². The molecule has 0 saturated carbocycles. The Hall–Kier alpha value is -1.12. The summed E-state index contributed by atoms with van der Waals surface area (Å²) in [7, 11) is 1.72. The molecule has 0 amide bonds. The molecule has 0 unspecified atom stereocenters. The average molecular weight is 123 g/mol. The third-order valence-corrected chi connectivity index (χ3v) is 1.11. The third-order valence-electron chi connectivity index (χ3n) is 1.11. The van der Waals surface area contributed by atoms with Gasteiger partial charge in [-0.1, -0.05) is 0 Å². The first kappa shape index (κ1) is 6.01. The smallest absolute Gasteiger partial charge is 0.253 e. The van der Waals surface area contributed by atoms with Crippen LogP contribution in [0.4, 0.5) is 0 Å². The summed E-state index contributed by atoms with van der Waals surface area (Å²) in [6.45, 7) is 1.83. The molecule has 0 saturated heterocycles. The first-order valence-corrected chi connectivity index (χ1v) is 2.63. The summed E-state index contributed by atoms with van der Waals surface area (Å²) < 4.78 is 1.50. The van der Waals surface area contributed by atoms with Crippen molar-refractivity contribution in [2.24, 2.45) is 7.05 Å². The van der Waals surface area contributed by atoms with Gasteiger partial charge in [0.15, 0.2) is 0 Å². The number of aromatic nitrogens is 2. The number of hydrogen-bond donors (Lipinski definition) is 0. The Balaban J connectivity index is 3.15. The molecule has 0 aliphatic heterocycles. The van der Waals surface area contributed by atoms with Crippen LogP contribution in [0.2, 0.25) is 0 Å². The summed E-state index contributed by atoms with van der Waals surface area (Å²) in [5.74, 6) is 0. The topological polar surface area (TPSA) is 34.9 Å². The van der Waals surface area contributed by atoms with Crippen LogP contribution in [0.15, 0.2) is 6.07 Å². The number of carbonyl (C=O) groups excluding carboxylic acids is 1. The van der Waals surface area contributed by atoms with Gasteiger partial charge < -0.3 is 0 Å². The van der Waals surface area contributed by atoms with E-state index in [4.69, 9.17) is 0 Å². The fourth-order valence-corrected chi connectivity index (χ4v) is 0.706. The Morgan fingerprint density at radius 3 is 2.67 bits per heavy atom. The fraction of sp³-hybridized carbons (Fsp3) is 0.333. The molecule has 0 aliphatic carbocycles. The Morgan fingerprint density at radius 1 is 1.78 bits per heavy atom. The molecule has 0 fully saturated rings. The molecular formula is C6H7N2O. The van der Waals surface area contributed by atoms with Crippen molar-refractivity contribution in [2.75, 3.05) is 0 Å². The summed E-state index contributed by atoms with van der Waals surface area (Å²) in [6, 6.07) is 1.69. The van der Waals surface area contributed by atoms with Gasteiger partial charge in [-0.25, -0.2) is 0 Å². The lowest BCUT2D eigenvalue weighted by atomic mass is 10.4. The highest BCUT2D eigenvalue weighted by atomic mass is 16.1. The lowest BCUT2D eigenvalue weighted by Crippen LogP contribution is -1.95. The molecule has 0 bridgehead atoms. The van der Waals surface area contributed by atoms with Crippen LogP contribution >= 0.6 is 0 Å². The molecular weight excluding hydrogens is 116 g/mol. The Kier molecular flexibility index (Phi) is 1.34. The van der Waals surface area contributed by atoms with E-state index < -0.39 is 0 Å². The SMILES string of the molecule is Cc1cc([C]=O)n(C)n1. The molecule has 3 nitrogen and oxygen atoms in total. The third kappa shape index (κ3) is 0.988. The number of nitrogens with zero attached hydrogens (tertiary/aromatic N) is 2. The molecule has 1 aromatic heterocycles. The van der Waals surface area contributed by atoms with Gasteiger partial charge in [0.1, 0.15) is 5.69 Å². The van der Waals surface area contributed by atoms with E-state index in [0.29, 0.717) is 5.69 Å². The minimum absolute atomic E-state index is 0.493. The summed E-state index contributed by atoms with van der Waals surface area (Å²) >= 11 is 0. The number of hydrogen-bond acceptors (Lipinski definition) is 2. The minimum Gasteiger partial charge on any atom is -0.283 e. The predicted molar refractivity (Wildman–Crippen MR) is 32.7 cm³/mol. The molecule has 47 valence electrons. The predicted octanol–water partition coefficient (Wildman–Crippen LogP) is 0.186. The van der Waals surface area contributed by atoms with Gasteiger partial charge in [-0.15, -0.1) is 0 Å². The lowest BCUT2D eigenvalue weighted by Gasteiger charge is -1.85. The minimum atomic E-state index is 0.493. The van der Waals surface area contributed by atoms with E-state index in [2.05, 4.69) is 5.10 Å². The first-order valence-electron chi connectivity index (χ1n) is 2.63. The highest BCUT2D eigenvalue weighted by Crippen LogP contribution is 1.96. The van der Waals surface area contributed by atoms with Gasteiger partial charge in [0, 0.05) is 7.05 Å². The van der Waals surface area contributed by atoms with Gasteiger partial charge in [0.2, 0.25) is 0 Å². The van der Waals surface area contributed by atoms with Gasteiger partial charge >= 0.3 is 0 Å². The molecule has 0 atom stereocenters. The molecule has 1 radical (unpaired) electrons.